The summed E-state index contributed by atoms with van der Waals surface area (Å²) >= 11 is 0. The van der Waals surface area contributed by atoms with Crippen LogP contribution in [-0.2, 0) is 0 Å². The van der Waals surface area contributed by atoms with Gasteiger partial charge in [0.1, 0.15) is 5.76 Å². The number of furan rings is 1. The van der Waals surface area contributed by atoms with Crippen LogP contribution in [0.1, 0.15) is 5.76 Å². The van der Waals surface area contributed by atoms with E-state index < -0.39 is 0 Å². The van der Waals surface area contributed by atoms with Crippen LogP contribution < -0.4 is 5.73 Å². The number of aryl methyl sites for hydroxylation is 1. The Bertz CT molecular complexity index is 687. The Balaban J connectivity index is 2.05. The SMILES string of the molecule is Cc1occc1-c1noc(-c2ncccc2N)n1. The van der Waals surface area contributed by atoms with Gasteiger partial charge in [0.25, 0.3) is 5.89 Å². The van der Waals surface area contributed by atoms with Crippen LogP contribution in [0.2, 0.25) is 0 Å². The normalized spacial score (nSPS) is 10.7. The van der Waals surface area contributed by atoms with E-state index in [1.807, 2.05) is 6.92 Å². The number of pyridine rings is 1. The molecule has 0 aliphatic heterocycles. The lowest BCUT2D eigenvalue weighted by molar-refractivity contribution is 0.431. The molecule has 90 valence electrons. The van der Waals surface area contributed by atoms with E-state index in [0.29, 0.717) is 23.1 Å². The molecule has 3 aromatic heterocycles. The first-order chi connectivity index (χ1) is 8.75. The van der Waals surface area contributed by atoms with E-state index in [2.05, 4.69) is 15.1 Å². The monoisotopic (exact) mass is 242 g/mol. The van der Waals surface area contributed by atoms with E-state index in [0.717, 1.165) is 11.3 Å². The van der Waals surface area contributed by atoms with Crippen LogP contribution in [0.4, 0.5) is 5.69 Å². The summed E-state index contributed by atoms with van der Waals surface area (Å²) in [7, 11) is 0. The van der Waals surface area contributed by atoms with Crippen molar-refractivity contribution in [1.29, 1.82) is 0 Å². The Morgan fingerprint density at radius 3 is 2.89 bits per heavy atom. The maximum atomic E-state index is 5.80. The van der Waals surface area contributed by atoms with Crippen LogP contribution in [0.5, 0.6) is 0 Å². The number of hydrogen-bond acceptors (Lipinski definition) is 6. The highest BCUT2D eigenvalue weighted by molar-refractivity contribution is 5.67. The second-order valence-electron chi connectivity index (χ2n) is 3.75. The molecule has 6 heteroatoms. The molecule has 0 saturated carbocycles. The van der Waals surface area contributed by atoms with Gasteiger partial charge in [-0.25, -0.2) is 4.98 Å². The Hall–Kier alpha value is -2.63. The summed E-state index contributed by atoms with van der Waals surface area (Å²) in [5, 5.41) is 3.90. The number of hydrogen-bond donors (Lipinski definition) is 1. The van der Waals surface area contributed by atoms with Crippen LogP contribution in [0, 0.1) is 6.92 Å². The highest BCUT2D eigenvalue weighted by Crippen LogP contribution is 2.26. The number of nitrogens with two attached hydrogens (primary N) is 1. The van der Waals surface area contributed by atoms with Gasteiger partial charge in [0.05, 0.1) is 17.5 Å². The van der Waals surface area contributed by atoms with Gasteiger partial charge in [-0.1, -0.05) is 5.16 Å². The molecule has 0 atom stereocenters. The average molecular weight is 242 g/mol. The van der Waals surface area contributed by atoms with Gasteiger partial charge in [-0.2, -0.15) is 4.98 Å². The molecular weight excluding hydrogens is 232 g/mol. The van der Waals surface area contributed by atoms with Crippen LogP contribution in [-0.4, -0.2) is 15.1 Å². The molecule has 6 nitrogen and oxygen atoms in total. The summed E-state index contributed by atoms with van der Waals surface area (Å²) in [6, 6.07) is 5.26. The third kappa shape index (κ3) is 1.64. The van der Waals surface area contributed by atoms with Crippen LogP contribution in [0.3, 0.4) is 0 Å². The smallest absolute Gasteiger partial charge is 0.278 e. The largest absolute Gasteiger partial charge is 0.469 e. The molecule has 0 saturated heterocycles. The fourth-order valence-corrected chi connectivity index (χ4v) is 1.64. The zero-order chi connectivity index (χ0) is 12.5. The molecule has 3 rings (SSSR count). The van der Waals surface area contributed by atoms with Crippen LogP contribution >= 0.6 is 0 Å². The minimum absolute atomic E-state index is 0.295. The molecule has 0 spiro atoms. The first kappa shape index (κ1) is 10.5. The van der Waals surface area contributed by atoms with Crippen molar-refractivity contribution < 1.29 is 8.94 Å². The molecule has 3 aromatic rings. The van der Waals surface area contributed by atoms with Gasteiger partial charge in [-0.15, -0.1) is 0 Å². The zero-order valence-electron chi connectivity index (χ0n) is 9.62. The number of nitrogen functional groups attached to an aromatic ring is 1. The van der Waals surface area contributed by atoms with E-state index in [4.69, 9.17) is 14.7 Å². The maximum absolute atomic E-state index is 5.80. The van der Waals surface area contributed by atoms with Gasteiger partial charge in [-0.3, -0.25) is 0 Å². The van der Waals surface area contributed by atoms with Crippen molar-refractivity contribution in [2.45, 2.75) is 6.92 Å². The molecule has 0 aromatic carbocycles. The summed E-state index contributed by atoms with van der Waals surface area (Å²) in [4.78, 5) is 8.39. The molecule has 0 fully saturated rings. The average Bonchev–Trinajstić information content (AvgIpc) is 2.98. The fourth-order valence-electron chi connectivity index (χ4n) is 1.64. The summed E-state index contributed by atoms with van der Waals surface area (Å²) in [5.74, 6) is 1.49. The lowest BCUT2D eigenvalue weighted by atomic mass is 10.2. The minimum Gasteiger partial charge on any atom is -0.469 e. The third-order valence-electron chi connectivity index (χ3n) is 2.57. The molecular formula is C12H10N4O2. The van der Waals surface area contributed by atoms with E-state index in [-0.39, 0.29) is 0 Å². The van der Waals surface area contributed by atoms with Crippen LogP contribution in [0.25, 0.3) is 23.0 Å². The van der Waals surface area contributed by atoms with Gasteiger partial charge in [0.15, 0.2) is 5.69 Å². The second kappa shape index (κ2) is 3.99. The predicted octanol–water partition coefficient (Wildman–Crippen LogP) is 2.28. The lowest BCUT2D eigenvalue weighted by Gasteiger charge is -1.96. The second-order valence-corrected chi connectivity index (χ2v) is 3.75. The van der Waals surface area contributed by atoms with Crippen molar-refractivity contribution in [3.05, 3.63) is 36.4 Å². The molecule has 2 N–H and O–H groups in total. The first-order valence-corrected chi connectivity index (χ1v) is 5.35. The fraction of sp³-hybridized carbons (Fsp3) is 0.0833. The van der Waals surface area contributed by atoms with Gasteiger partial charge in [-0.05, 0) is 25.1 Å². The van der Waals surface area contributed by atoms with E-state index in [1.165, 1.54) is 0 Å². The van der Waals surface area contributed by atoms with Gasteiger partial charge in [0.2, 0.25) is 5.82 Å². The van der Waals surface area contributed by atoms with Crippen molar-refractivity contribution in [1.82, 2.24) is 15.1 Å². The summed E-state index contributed by atoms with van der Waals surface area (Å²) < 4.78 is 10.4. The number of nitrogens with zero attached hydrogens (tertiary/aromatic N) is 3. The van der Waals surface area contributed by atoms with Crippen molar-refractivity contribution in [3.8, 4) is 23.0 Å². The van der Waals surface area contributed by atoms with E-state index in [9.17, 15) is 0 Å². The molecule has 0 aliphatic rings. The zero-order valence-corrected chi connectivity index (χ0v) is 9.62. The number of rotatable bonds is 2. The highest BCUT2D eigenvalue weighted by Gasteiger charge is 2.16. The Kier molecular flexibility index (Phi) is 2.33. The van der Waals surface area contributed by atoms with Crippen LogP contribution in [0.15, 0.2) is 39.6 Å². The predicted molar refractivity (Wildman–Crippen MR) is 64.4 cm³/mol. The van der Waals surface area contributed by atoms with E-state index in [1.54, 1.807) is 30.7 Å². The van der Waals surface area contributed by atoms with Crippen molar-refractivity contribution in [2.24, 2.45) is 0 Å². The van der Waals surface area contributed by atoms with Crippen molar-refractivity contribution >= 4 is 5.69 Å². The Labute approximate surface area is 102 Å². The molecule has 0 radical (unpaired) electrons. The topological polar surface area (TPSA) is 91.0 Å². The van der Waals surface area contributed by atoms with Crippen molar-refractivity contribution in [2.75, 3.05) is 5.73 Å². The minimum atomic E-state index is 0.295. The molecule has 0 unspecified atom stereocenters. The Morgan fingerprint density at radius 2 is 2.17 bits per heavy atom. The number of anilines is 1. The van der Waals surface area contributed by atoms with Gasteiger partial charge in [0, 0.05) is 6.20 Å². The third-order valence-corrected chi connectivity index (χ3v) is 2.57. The quantitative estimate of drug-likeness (QED) is 0.741. The van der Waals surface area contributed by atoms with Gasteiger partial charge < -0.3 is 14.7 Å². The summed E-state index contributed by atoms with van der Waals surface area (Å²) in [6.45, 7) is 1.83. The van der Waals surface area contributed by atoms with E-state index >= 15 is 0 Å². The molecule has 18 heavy (non-hydrogen) atoms. The summed E-state index contributed by atoms with van der Waals surface area (Å²) in [5.41, 5.74) is 7.57. The van der Waals surface area contributed by atoms with Crippen molar-refractivity contribution in [3.63, 3.8) is 0 Å². The standard InChI is InChI=1S/C12H10N4O2/c1-7-8(4-6-17-7)11-15-12(18-16-11)10-9(13)3-2-5-14-10/h2-6H,13H2,1H3. The Morgan fingerprint density at radius 1 is 1.28 bits per heavy atom. The molecule has 0 aliphatic carbocycles. The first-order valence-electron chi connectivity index (χ1n) is 5.35. The number of aromatic nitrogens is 3. The van der Waals surface area contributed by atoms with Gasteiger partial charge >= 0.3 is 0 Å². The molecule has 3 heterocycles. The lowest BCUT2D eigenvalue weighted by Crippen LogP contribution is -1.92. The molecule has 0 bridgehead atoms. The highest BCUT2D eigenvalue weighted by atomic mass is 16.5. The summed E-state index contributed by atoms with van der Waals surface area (Å²) in [6.07, 6.45) is 3.20. The maximum Gasteiger partial charge on any atom is 0.278 e. The molecule has 0 amide bonds.